The quantitative estimate of drug-likeness (QED) is 0.684. The van der Waals surface area contributed by atoms with Crippen LogP contribution in [-0.2, 0) is 0 Å². The van der Waals surface area contributed by atoms with Gasteiger partial charge in [-0.3, -0.25) is 4.99 Å². The number of fused-ring (bicyclic) bond motifs is 1. The van der Waals surface area contributed by atoms with Crippen molar-refractivity contribution in [2.24, 2.45) is 4.99 Å². The minimum absolute atomic E-state index is 0.351. The Bertz CT molecular complexity index is 533. The lowest BCUT2D eigenvalue weighted by atomic mass is 9.99. The fourth-order valence-corrected chi connectivity index (χ4v) is 2.14. The highest BCUT2D eigenvalue weighted by molar-refractivity contribution is 6.10. The van der Waals surface area contributed by atoms with E-state index in [1.165, 1.54) is 22.0 Å². The van der Waals surface area contributed by atoms with Gasteiger partial charge in [-0.1, -0.05) is 49.4 Å². The molecule has 1 heteroatoms. The molecule has 17 heavy (non-hydrogen) atoms. The molecule has 0 bridgehead atoms. The van der Waals surface area contributed by atoms with Gasteiger partial charge in [0, 0.05) is 17.3 Å². The first-order chi connectivity index (χ1) is 8.22. The summed E-state index contributed by atoms with van der Waals surface area (Å²) in [4.78, 5) is 4.73. The van der Waals surface area contributed by atoms with Crippen molar-refractivity contribution in [3.05, 3.63) is 48.0 Å². The van der Waals surface area contributed by atoms with Crippen LogP contribution in [0, 0.1) is 0 Å². The zero-order chi connectivity index (χ0) is 12.3. The molecule has 88 valence electrons. The van der Waals surface area contributed by atoms with E-state index in [-0.39, 0.29) is 0 Å². The van der Waals surface area contributed by atoms with Gasteiger partial charge in [0.15, 0.2) is 0 Å². The summed E-state index contributed by atoms with van der Waals surface area (Å²) in [6, 6.07) is 15.3. The molecule has 0 saturated carbocycles. The van der Waals surface area contributed by atoms with E-state index in [2.05, 4.69) is 63.2 Å². The molecule has 0 amide bonds. The topological polar surface area (TPSA) is 12.4 Å². The Morgan fingerprint density at radius 1 is 1.06 bits per heavy atom. The molecule has 0 spiro atoms. The third-order valence-corrected chi connectivity index (χ3v) is 2.85. The van der Waals surface area contributed by atoms with Crippen LogP contribution in [0.15, 0.2) is 47.5 Å². The molecule has 2 aromatic carbocycles. The summed E-state index contributed by atoms with van der Waals surface area (Å²) in [7, 11) is 0. The maximum absolute atomic E-state index is 4.73. The number of nitrogens with zero attached hydrogens (tertiary/aromatic N) is 1. The van der Waals surface area contributed by atoms with Crippen LogP contribution in [0.25, 0.3) is 10.8 Å². The van der Waals surface area contributed by atoms with Crippen molar-refractivity contribution in [2.45, 2.75) is 33.2 Å². The van der Waals surface area contributed by atoms with Gasteiger partial charge in [-0.15, -0.1) is 0 Å². The van der Waals surface area contributed by atoms with Gasteiger partial charge in [-0.25, -0.2) is 0 Å². The van der Waals surface area contributed by atoms with Crippen molar-refractivity contribution < 1.29 is 0 Å². The van der Waals surface area contributed by atoms with Crippen LogP contribution in [0.5, 0.6) is 0 Å². The van der Waals surface area contributed by atoms with E-state index in [1.807, 2.05) is 0 Å². The Morgan fingerprint density at radius 2 is 1.76 bits per heavy atom. The second-order valence-corrected chi connectivity index (χ2v) is 4.55. The predicted octanol–water partition coefficient (Wildman–Crippen LogP) is 4.45. The van der Waals surface area contributed by atoms with Gasteiger partial charge in [0.05, 0.1) is 0 Å². The van der Waals surface area contributed by atoms with E-state index >= 15 is 0 Å². The van der Waals surface area contributed by atoms with Crippen LogP contribution in [0.3, 0.4) is 0 Å². The Labute approximate surface area is 103 Å². The molecule has 2 aromatic rings. The van der Waals surface area contributed by atoms with Gasteiger partial charge < -0.3 is 0 Å². The maximum atomic E-state index is 4.73. The SMILES string of the molecule is CCC(=NC(C)C)c1cccc2ccccc12. The van der Waals surface area contributed by atoms with Crippen molar-refractivity contribution in [3.8, 4) is 0 Å². The Hall–Kier alpha value is -1.63. The number of hydrogen-bond donors (Lipinski definition) is 0. The first-order valence-electron chi connectivity index (χ1n) is 6.27. The van der Waals surface area contributed by atoms with Crippen molar-refractivity contribution >= 4 is 16.5 Å². The fraction of sp³-hybridized carbons (Fsp3) is 0.312. The first-order valence-corrected chi connectivity index (χ1v) is 6.27. The van der Waals surface area contributed by atoms with Crippen molar-refractivity contribution in [2.75, 3.05) is 0 Å². The lowest BCUT2D eigenvalue weighted by Gasteiger charge is -2.10. The average Bonchev–Trinajstić information content (AvgIpc) is 2.35. The molecular weight excluding hydrogens is 206 g/mol. The minimum Gasteiger partial charge on any atom is -0.286 e. The molecule has 0 fully saturated rings. The molecule has 1 nitrogen and oxygen atoms in total. The molecule has 2 rings (SSSR count). The van der Waals surface area contributed by atoms with E-state index in [4.69, 9.17) is 4.99 Å². The molecule has 0 aliphatic rings. The largest absolute Gasteiger partial charge is 0.286 e. The van der Waals surface area contributed by atoms with Gasteiger partial charge in [0.2, 0.25) is 0 Å². The summed E-state index contributed by atoms with van der Waals surface area (Å²) in [6.45, 7) is 6.42. The molecule has 0 unspecified atom stereocenters. The molecule has 0 saturated heterocycles. The summed E-state index contributed by atoms with van der Waals surface area (Å²) >= 11 is 0. The molecule has 0 aromatic heterocycles. The first kappa shape index (κ1) is 11.8. The molecule has 0 atom stereocenters. The standard InChI is InChI=1S/C16H19N/c1-4-16(17-12(2)3)15-11-7-9-13-8-5-6-10-14(13)15/h5-12H,4H2,1-3H3. The monoisotopic (exact) mass is 225 g/mol. The van der Waals surface area contributed by atoms with Crippen LogP contribution in [0.4, 0.5) is 0 Å². The summed E-state index contributed by atoms with van der Waals surface area (Å²) < 4.78 is 0. The van der Waals surface area contributed by atoms with E-state index < -0.39 is 0 Å². The van der Waals surface area contributed by atoms with Crippen LogP contribution < -0.4 is 0 Å². The van der Waals surface area contributed by atoms with Crippen molar-refractivity contribution in [1.82, 2.24) is 0 Å². The zero-order valence-corrected chi connectivity index (χ0v) is 10.8. The van der Waals surface area contributed by atoms with Gasteiger partial charge >= 0.3 is 0 Å². The Kier molecular flexibility index (Phi) is 3.58. The van der Waals surface area contributed by atoms with Crippen LogP contribution in [-0.4, -0.2) is 11.8 Å². The average molecular weight is 225 g/mol. The number of aliphatic imine (C=N–C) groups is 1. The van der Waals surface area contributed by atoms with Gasteiger partial charge in [0.1, 0.15) is 0 Å². The summed E-state index contributed by atoms with van der Waals surface area (Å²) in [6.07, 6.45) is 0.978. The van der Waals surface area contributed by atoms with E-state index in [0.717, 1.165) is 6.42 Å². The van der Waals surface area contributed by atoms with E-state index in [1.54, 1.807) is 0 Å². The van der Waals surface area contributed by atoms with Crippen LogP contribution in [0.2, 0.25) is 0 Å². The number of hydrogen-bond acceptors (Lipinski definition) is 1. The predicted molar refractivity (Wildman–Crippen MR) is 75.9 cm³/mol. The highest BCUT2D eigenvalue weighted by Crippen LogP contribution is 2.20. The van der Waals surface area contributed by atoms with Gasteiger partial charge in [0.25, 0.3) is 0 Å². The smallest absolute Gasteiger partial charge is 0.0446 e. The molecule has 0 N–H and O–H groups in total. The third kappa shape index (κ3) is 2.55. The number of rotatable bonds is 3. The summed E-state index contributed by atoms with van der Waals surface area (Å²) in [5, 5.41) is 2.59. The fourth-order valence-electron chi connectivity index (χ4n) is 2.14. The lowest BCUT2D eigenvalue weighted by molar-refractivity contribution is 0.831. The molecule has 0 heterocycles. The second kappa shape index (κ2) is 5.13. The van der Waals surface area contributed by atoms with Gasteiger partial charge in [-0.05, 0) is 31.0 Å². The molecular formula is C16H19N. The molecule has 0 aliphatic carbocycles. The third-order valence-electron chi connectivity index (χ3n) is 2.85. The Balaban J connectivity index is 2.61. The van der Waals surface area contributed by atoms with Crippen LogP contribution >= 0.6 is 0 Å². The van der Waals surface area contributed by atoms with E-state index in [9.17, 15) is 0 Å². The Morgan fingerprint density at radius 3 is 2.47 bits per heavy atom. The van der Waals surface area contributed by atoms with Crippen molar-refractivity contribution in [1.29, 1.82) is 0 Å². The highest BCUT2D eigenvalue weighted by atomic mass is 14.8. The molecule has 0 radical (unpaired) electrons. The summed E-state index contributed by atoms with van der Waals surface area (Å²) in [5.41, 5.74) is 2.48. The lowest BCUT2D eigenvalue weighted by Crippen LogP contribution is -2.04. The highest BCUT2D eigenvalue weighted by Gasteiger charge is 2.06. The van der Waals surface area contributed by atoms with Crippen molar-refractivity contribution in [3.63, 3.8) is 0 Å². The summed E-state index contributed by atoms with van der Waals surface area (Å²) in [5.74, 6) is 0. The minimum atomic E-state index is 0.351. The van der Waals surface area contributed by atoms with Crippen LogP contribution in [0.1, 0.15) is 32.8 Å². The van der Waals surface area contributed by atoms with Gasteiger partial charge in [-0.2, -0.15) is 0 Å². The zero-order valence-electron chi connectivity index (χ0n) is 10.8. The molecule has 0 aliphatic heterocycles. The normalized spacial score (nSPS) is 12.4. The maximum Gasteiger partial charge on any atom is 0.0446 e. The van der Waals surface area contributed by atoms with E-state index in [0.29, 0.717) is 6.04 Å². The second-order valence-electron chi connectivity index (χ2n) is 4.55. The number of benzene rings is 2.